The van der Waals surface area contributed by atoms with Crippen molar-refractivity contribution >= 4 is 17.6 Å². The lowest BCUT2D eigenvalue weighted by Gasteiger charge is -2.35. The largest absolute Gasteiger partial charge is 0.425 e. The van der Waals surface area contributed by atoms with Crippen molar-refractivity contribution in [2.45, 2.75) is 89.9 Å². The van der Waals surface area contributed by atoms with Gasteiger partial charge in [-0.2, -0.15) is 13.2 Å². The molecule has 1 aromatic rings. The molecule has 0 saturated heterocycles. The highest BCUT2D eigenvalue weighted by Crippen LogP contribution is 2.52. The predicted molar refractivity (Wildman–Crippen MR) is 125 cm³/mol. The number of rotatable bonds is 6. The molecule has 2 amide bonds. The Bertz CT molecular complexity index is 1030. The van der Waals surface area contributed by atoms with Gasteiger partial charge in [0.2, 0.25) is 11.4 Å². The van der Waals surface area contributed by atoms with Crippen LogP contribution in [0.4, 0.5) is 13.2 Å². The molecule has 190 valence electrons. The molecule has 4 rings (SSSR count). The molecule has 0 radical (unpaired) electrons. The number of Topliss-reactive ketones (excluding diaryl/α,β-unsaturated/α-hetero) is 1. The average Bonchev–Trinajstić information content (AvgIpc) is 3.01. The van der Waals surface area contributed by atoms with E-state index in [4.69, 9.17) is 0 Å². The summed E-state index contributed by atoms with van der Waals surface area (Å²) in [5.74, 6) is -2.56. The van der Waals surface area contributed by atoms with Crippen LogP contribution in [0.2, 0.25) is 0 Å². The zero-order chi connectivity index (χ0) is 25.4. The summed E-state index contributed by atoms with van der Waals surface area (Å²) in [6, 6.07) is 8.70. The molecule has 0 bridgehead atoms. The fourth-order valence-electron chi connectivity index (χ4n) is 5.84. The van der Waals surface area contributed by atoms with Crippen molar-refractivity contribution in [1.29, 1.82) is 0 Å². The lowest BCUT2D eigenvalue weighted by atomic mass is 9.72. The summed E-state index contributed by atoms with van der Waals surface area (Å²) >= 11 is 0. The minimum atomic E-state index is -5.16. The van der Waals surface area contributed by atoms with Crippen LogP contribution in [0.1, 0.15) is 77.2 Å². The van der Waals surface area contributed by atoms with Gasteiger partial charge in [0, 0.05) is 18.5 Å². The molecule has 35 heavy (non-hydrogen) atoms. The highest BCUT2D eigenvalue weighted by Gasteiger charge is 2.71. The van der Waals surface area contributed by atoms with Gasteiger partial charge in [0.25, 0.3) is 5.91 Å². The first kappa shape index (κ1) is 25.5. The average molecular weight is 491 g/mol. The first-order valence-corrected chi connectivity index (χ1v) is 12.4. The molecule has 1 atom stereocenters. The molecule has 1 unspecified atom stereocenters. The van der Waals surface area contributed by atoms with Gasteiger partial charge in [-0.1, -0.05) is 76.3 Å². The summed E-state index contributed by atoms with van der Waals surface area (Å²) in [7, 11) is 0. The minimum Gasteiger partial charge on any atom is -0.330 e. The van der Waals surface area contributed by atoms with Crippen molar-refractivity contribution in [3.8, 4) is 0 Å². The smallest absolute Gasteiger partial charge is 0.330 e. The quantitative estimate of drug-likeness (QED) is 0.577. The molecule has 3 aliphatic rings. The van der Waals surface area contributed by atoms with Gasteiger partial charge < -0.3 is 10.2 Å². The van der Waals surface area contributed by atoms with Gasteiger partial charge in [0.05, 0.1) is 12.1 Å². The Balaban J connectivity index is 1.70. The van der Waals surface area contributed by atoms with E-state index in [0.717, 1.165) is 37.0 Å². The Morgan fingerprint density at radius 3 is 2.34 bits per heavy atom. The SMILES string of the molecule is CC1(C)CC(=O)C2=C(C1)N(Cc1ccccc1)C(=O)C2(NC(=O)CCC1CCCCC1)C(F)(F)F. The van der Waals surface area contributed by atoms with Crippen molar-refractivity contribution in [3.05, 3.63) is 47.2 Å². The number of alkyl halides is 3. The van der Waals surface area contributed by atoms with Gasteiger partial charge in [-0.25, -0.2) is 0 Å². The number of carbonyl (C=O) groups is 3. The van der Waals surface area contributed by atoms with E-state index in [2.05, 4.69) is 5.32 Å². The molecule has 8 heteroatoms. The summed E-state index contributed by atoms with van der Waals surface area (Å²) in [5, 5.41) is 2.06. The first-order chi connectivity index (χ1) is 16.4. The molecule has 1 saturated carbocycles. The summed E-state index contributed by atoms with van der Waals surface area (Å²) < 4.78 is 44.5. The van der Waals surface area contributed by atoms with Crippen LogP contribution >= 0.6 is 0 Å². The third-order valence-corrected chi connectivity index (χ3v) is 7.56. The molecule has 1 N–H and O–H groups in total. The second-order valence-electron chi connectivity index (χ2n) is 11.0. The Morgan fingerprint density at radius 2 is 1.71 bits per heavy atom. The van der Waals surface area contributed by atoms with E-state index in [0.29, 0.717) is 17.9 Å². The number of ketones is 1. The van der Waals surface area contributed by atoms with Gasteiger partial charge in [-0.3, -0.25) is 14.4 Å². The zero-order valence-corrected chi connectivity index (χ0v) is 20.3. The highest BCUT2D eigenvalue weighted by molar-refractivity contribution is 6.13. The number of hydrogen-bond acceptors (Lipinski definition) is 3. The molecule has 1 aromatic carbocycles. The van der Waals surface area contributed by atoms with E-state index in [1.165, 1.54) is 0 Å². The second-order valence-corrected chi connectivity index (χ2v) is 11.0. The maximum atomic E-state index is 14.8. The Kier molecular flexibility index (Phi) is 6.86. The number of halogens is 3. The summed E-state index contributed by atoms with van der Waals surface area (Å²) in [6.45, 7) is 3.50. The number of hydrogen-bond donors (Lipinski definition) is 1. The lowest BCUT2D eigenvalue weighted by molar-refractivity contribution is -0.194. The van der Waals surface area contributed by atoms with Crippen molar-refractivity contribution in [2.24, 2.45) is 11.3 Å². The Labute approximate surface area is 204 Å². The van der Waals surface area contributed by atoms with Crippen LogP contribution in [0, 0.1) is 11.3 Å². The van der Waals surface area contributed by atoms with Crippen LogP contribution in [-0.4, -0.2) is 34.2 Å². The zero-order valence-electron chi connectivity index (χ0n) is 20.3. The highest BCUT2D eigenvalue weighted by atomic mass is 19.4. The molecule has 5 nitrogen and oxygen atoms in total. The Morgan fingerprint density at radius 1 is 1.06 bits per heavy atom. The third kappa shape index (κ3) is 4.89. The van der Waals surface area contributed by atoms with E-state index < -0.39 is 40.3 Å². The van der Waals surface area contributed by atoms with Crippen LogP contribution in [0.5, 0.6) is 0 Å². The van der Waals surface area contributed by atoms with E-state index in [9.17, 15) is 27.6 Å². The van der Waals surface area contributed by atoms with Gasteiger partial charge >= 0.3 is 6.18 Å². The molecule has 0 aromatic heterocycles. The monoisotopic (exact) mass is 490 g/mol. The molecule has 1 fully saturated rings. The number of benzene rings is 1. The van der Waals surface area contributed by atoms with Crippen LogP contribution in [0.25, 0.3) is 0 Å². The van der Waals surface area contributed by atoms with Crippen molar-refractivity contribution in [1.82, 2.24) is 10.2 Å². The number of allylic oxidation sites excluding steroid dienone is 1. The first-order valence-electron chi connectivity index (χ1n) is 12.4. The van der Waals surface area contributed by atoms with E-state index in [1.807, 2.05) is 0 Å². The van der Waals surface area contributed by atoms with E-state index in [-0.39, 0.29) is 31.5 Å². The summed E-state index contributed by atoms with van der Waals surface area (Å²) in [5.41, 5.74) is -3.82. The van der Waals surface area contributed by atoms with E-state index >= 15 is 0 Å². The van der Waals surface area contributed by atoms with Crippen LogP contribution in [0.15, 0.2) is 41.6 Å². The molecular weight excluding hydrogens is 457 g/mol. The molecule has 2 aliphatic carbocycles. The molecule has 0 spiro atoms. The second kappa shape index (κ2) is 9.43. The molecule has 1 heterocycles. The van der Waals surface area contributed by atoms with Gasteiger partial charge in [-0.15, -0.1) is 0 Å². The number of carbonyl (C=O) groups excluding carboxylic acids is 3. The lowest BCUT2D eigenvalue weighted by Crippen LogP contribution is -2.66. The normalized spacial score (nSPS) is 25.1. The maximum absolute atomic E-state index is 14.8. The maximum Gasteiger partial charge on any atom is 0.425 e. The van der Waals surface area contributed by atoms with Crippen molar-refractivity contribution < 1.29 is 27.6 Å². The van der Waals surface area contributed by atoms with Gasteiger partial charge in [0.1, 0.15) is 0 Å². The molecule has 1 aliphatic heterocycles. The fourth-order valence-corrected chi connectivity index (χ4v) is 5.84. The number of amides is 2. The van der Waals surface area contributed by atoms with Gasteiger partial charge in [-0.05, 0) is 29.7 Å². The Hall–Kier alpha value is -2.64. The fraction of sp³-hybridized carbons (Fsp3) is 0.593. The van der Waals surface area contributed by atoms with Crippen molar-refractivity contribution in [3.63, 3.8) is 0 Å². The van der Waals surface area contributed by atoms with Crippen LogP contribution < -0.4 is 5.32 Å². The minimum absolute atomic E-state index is 0.0741. The van der Waals surface area contributed by atoms with Crippen LogP contribution in [-0.2, 0) is 20.9 Å². The topological polar surface area (TPSA) is 66.5 Å². The summed E-state index contributed by atoms with van der Waals surface area (Å²) in [6.07, 6.45) is 0.434. The van der Waals surface area contributed by atoms with Crippen LogP contribution in [0.3, 0.4) is 0 Å². The molecular formula is C27H33F3N2O3. The van der Waals surface area contributed by atoms with E-state index in [1.54, 1.807) is 44.2 Å². The van der Waals surface area contributed by atoms with Gasteiger partial charge in [0.15, 0.2) is 5.78 Å². The summed E-state index contributed by atoms with van der Waals surface area (Å²) in [4.78, 5) is 40.8. The number of nitrogens with one attached hydrogen (secondary N) is 1. The number of nitrogens with zero attached hydrogens (tertiary/aromatic N) is 1. The van der Waals surface area contributed by atoms with Crippen molar-refractivity contribution in [2.75, 3.05) is 0 Å². The standard InChI is InChI=1S/C27H33F3N2O3/c1-25(2)15-20-23(21(33)16-25)26(27(28,29)30,24(35)32(20)17-19-11-7-4-8-12-19)31-22(34)14-13-18-9-5-3-6-10-18/h4,7-8,11-12,18H,3,5-6,9-10,13-17H2,1-2H3,(H,31,34). The third-order valence-electron chi connectivity index (χ3n) is 7.56. The predicted octanol–water partition coefficient (Wildman–Crippen LogP) is 5.45.